The summed E-state index contributed by atoms with van der Waals surface area (Å²) in [4.78, 5) is 22.6. The maximum Gasteiger partial charge on any atom is 0.307 e. The Morgan fingerprint density at radius 2 is 1.82 bits per heavy atom. The number of rotatable bonds is 6. The summed E-state index contributed by atoms with van der Waals surface area (Å²) in [6.45, 7) is 1.78. The first-order valence-electron chi connectivity index (χ1n) is 6.70. The van der Waals surface area contributed by atoms with Crippen LogP contribution in [0.3, 0.4) is 0 Å². The molecule has 0 atom stereocenters. The number of benzene rings is 2. The van der Waals surface area contributed by atoms with E-state index in [9.17, 15) is 9.59 Å². The molecule has 2 aromatic rings. The summed E-state index contributed by atoms with van der Waals surface area (Å²) in [6.07, 6.45) is -0.238. The molecule has 2 rings (SSSR count). The third kappa shape index (κ3) is 3.95. The van der Waals surface area contributed by atoms with Crippen LogP contribution < -0.4 is 4.74 Å². The zero-order valence-electron chi connectivity index (χ0n) is 12.0. The van der Waals surface area contributed by atoms with Crippen molar-refractivity contribution in [2.45, 2.75) is 20.0 Å². The normalized spacial score (nSPS) is 10.3. The summed E-state index contributed by atoms with van der Waals surface area (Å²) >= 11 is 3.36. The molecule has 114 valence electrons. The summed E-state index contributed by atoms with van der Waals surface area (Å²) < 4.78 is 6.24. The third-order valence-corrected chi connectivity index (χ3v) is 4.02. The first-order valence-corrected chi connectivity index (χ1v) is 7.49. The molecular weight excluding hydrogens is 348 g/mol. The van der Waals surface area contributed by atoms with Crippen LogP contribution in [0.5, 0.6) is 5.75 Å². The van der Waals surface area contributed by atoms with Crippen molar-refractivity contribution in [3.05, 3.63) is 63.6 Å². The van der Waals surface area contributed by atoms with E-state index in [4.69, 9.17) is 9.84 Å². The van der Waals surface area contributed by atoms with Crippen molar-refractivity contribution in [3.63, 3.8) is 0 Å². The standard InChI is InChI=1S/C17H15BrO4/c1-11(19)13-7-8-15(17(18)14(13)9-16(20)21)22-10-12-5-3-2-4-6-12/h2-8H,9-10H2,1H3,(H,20,21). The van der Waals surface area contributed by atoms with Gasteiger partial charge in [-0.25, -0.2) is 0 Å². The molecule has 0 aliphatic carbocycles. The Labute approximate surface area is 136 Å². The van der Waals surface area contributed by atoms with Crippen LogP contribution in [0.2, 0.25) is 0 Å². The van der Waals surface area contributed by atoms with Crippen LogP contribution in [0, 0.1) is 0 Å². The van der Waals surface area contributed by atoms with Crippen LogP contribution in [0.4, 0.5) is 0 Å². The van der Waals surface area contributed by atoms with E-state index in [2.05, 4.69) is 15.9 Å². The average Bonchev–Trinajstić information content (AvgIpc) is 2.48. The van der Waals surface area contributed by atoms with Gasteiger partial charge in [-0.2, -0.15) is 0 Å². The molecule has 0 radical (unpaired) electrons. The second-order valence-electron chi connectivity index (χ2n) is 4.80. The molecule has 0 unspecified atom stereocenters. The van der Waals surface area contributed by atoms with Crippen molar-refractivity contribution >= 4 is 27.7 Å². The van der Waals surface area contributed by atoms with Crippen molar-refractivity contribution in [1.29, 1.82) is 0 Å². The summed E-state index contributed by atoms with van der Waals surface area (Å²) in [5.74, 6) is -0.653. The van der Waals surface area contributed by atoms with Gasteiger partial charge in [0.1, 0.15) is 12.4 Å². The van der Waals surface area contributed by atoms with Gasteiger partial charge < -0.3 is 9.84 Å². The molecule has 0 aromatic heterocycles. The van der Waals surface area contributed by atoms with Gasteiger partial charge in [0, 0.05) is 5.56 Å². The first kappa shape index (κ1) is 16.2. The number of halogens is 1. The Bertz CT molecular complexity index is 695. The fourth-order valence-electron chi connectivity index (χ4n) is 2.10. The quantitative estimate of drug-likeness (QED) is 0.792. The van der Waals surface area contributed by atoms with Crippen LogP contribution in [-0.2, 0) is 17.8 Å². The van der Waals surface area contributed by atoms with E-state index >= 15 is 0 Å². The molecule has 0 bridgehead atoms. The zero-order chi connectivity index (χ0) is 16.1. The largest absolute Gasteiger partial charge is 0.488 e. The molecule has 0 spiro atoms. The Morgan fingerprint density at radius 1 is 1.14 bits per heavy atom. The van der Waals surface area contributed by atoms with E-state index in [0.717, 1.165) is 5.56 Å². The molecule has 4 nitrogen and oxygen atoms in total. The number of carbonyl (C=O) groups excluding carboxylic acids is 1. The van der Waals surface area contributed by atoms with Gasteiger partial charge in [0.2, 0.25) is 0 Å². The van der Waals surface area contributed by atoms with E-state index in [0.29, 0.717) is 28.0 Å². The topological polar surface area (TPSA) is 63.6 Å². The van der Waals surface area contributed by atoms with Crippen LogP contribution in [0.1, 0.15) is 28.4 Å². The molecule has 0 aliphatic rings. The molecule has 2 aromatic carbocycles. The van der Waals surface area contributed by atoms with E-state index in [1.54, 1.807) is 12.1 Å². The van der Waals surface area contributed by atoms with Gasteiger partial charge in [-0.05, 0) is 46.1 Å². The highest BCUT2D eigenvalue weighted by atomic mass is 79.9. The predicted octanol–water partition coefficient (Wildman–Crippen LogP) is 3.86. The minimum atomic E-state index is -0.997. The second-order valence-corrected chi connectivity index (χ2v) is 5.60. The summed E-state index contributed by atoms with van der Waals surface area (Å²) in [5.41, 5.74) is 1.83. The van der Waals surface area contributed by atoms with Crippen LogP contribution in [0.15, 0.2) is 46.9 Å². The third-order valence-electron chi connectivity index (χ3n) is 3.15. The number of hydrogen-bond acceptors (Lipinski definition) is 3. The number of carbonyl (C=O) groups is 2. The molecule has 0 saturated heterocycles. The minimum absolute atomic E-state index is 0.174. The van der Waals surface area contributed by atoms with Gasteiger partial charge in [0.05, 0.1) is 10.9 Å². The lowest BCUT2D eigenvalue weighted by Gasteiger charge is -2.13. The highest BCUT2D eigenvalue weighted by Gasteiger charge is 2.17. The fraction of sp³-hybridized carbons (Fsp3) is 0.176. The van der Waals surface area contributed by atoms with Crippen LogP contribution >= 0.6 is 15.9 Å². The Morgan fingerprint density at radius 3 is 2.41 bits per heavy atom. The molecule has 0 aliphatic heterocycles. The number of ketones is 1. The molecule has 0 amide bonds. The van der Waals surface area contributed by atoms with Crippen molar-refractivity contribution in [3.8, 4) is 5.75 Å². The second kappa shape index (κ2) is 7.22. The monoisotopic (exact) mass is 362 g/mol. The Balaban J connectivity index is 2.29. The summed E-state index contributed by atoms with van der Waals surface area (Å²) in [6, 6.07) is 12.9. The number of Topliss-reactive ketones (excluding diaryl/α,β-unsaturated/α-hetero) is 1. The minimum Gasteiger partial charge on any atom is -0.488 e. The van der Waals surface area contributed by atoms with Crippen molar-refractivity contribution in [2.24, 2.45) is 0 Å². The summed E-state index contributed by atoms with van der Waals surface area (Å²) in [5, 5.41) is 9.02. The van der Waals surface area contributed by atoms with E-state index < -0.39 is 5.97 Å². The lowest BCUT2D eigenvalue weighted by atomic mass is 10.0. The smallest absolute Gasteiger partial charge is 0.307 e. The van der Waals surface area contributed by atoms with Gasteiger partial charge in [-0.15, -0.1) is 0 Å². The van der Waals surface area contributed by atoms with Gasteiger partial charge in [-0.1, -0.05) is 30.3 Å². The molecule has 0 fully saturated rings. The molecule has 1 N–H and O–H groups in total. The average molecular weight is 363 g/mol. The number of carboxylic acid groups (broad SMARTS) is 1. The molecule has 5 heteroatoms. The van der Waals surface area contributed by atoms with Crippen molar-refractivity contribution in [2.75, 3.05) is 0 Å². The SMILES string of the molecule is CC(=O)c1ccc(OCc2ccccc2)c(Br)c1CC(=O)O. The molecular formula is C17H15BrO4. The van der Waals surface area contributed by atoms with Crippen LogP contribution in [0.25, 0.3) is 0 Å². The molecule has 0 saturated carbocycles. The maximum atomic E-state index is 11.6. The van der Waals surface area contributed by atoms with E-state index in [1.165, 1.54) is 6.92 Å². The number of ether oxygens (including phenoxy) is 1. The lowest BCUT2D eigenvalue weighted by molar-refractivity contribution is -0.136. The van der Waals surface area contributed by atoms with Gasteiger partial charge in [-0.3, -0.25) is 9.59 Å². The summed E-state index contributed by atoms with van der Waals surface area (Å²) in [7, 11) is 0. The highest BCUT2D eigenvalue weighted by molar-refractivity contribution is 9.10. The highest BCUT2D eigenvalue weighted by Crippen LogP contribution is 2.32. The lowest BCUT2D eigenvalue weighted by Crippen LogP contribution is -2.08. The van der Waals surface area contributed by atoms with Gasteiger partial charge in [0.25, 0.3) is 0 Å². The fourth-order valence-corrected chi connectivity index (χ4v) is 2.70. The Kier molecular flexibility index (Phi) is 5.33. The maximum absolute atomic E-state index is 11.6. The molecule has 22 heavy (non-hydrogen) atoms. The van der Waals surface area contributed by atoms with Gasteiger partial charge in [0.15, 0.2) is 5.78 Å². The van der Waals surface area contributed by atoms with Crippen molar-refractivity contribution in [1.82, 2.24) is 0 Å². The molecule has 0 heterocycles. The van der Waals surface area contributed by atoms with E-state index in [1.807, 2.05) is 30.3 Å². The van der Waals surface area contributed by atoms with Crippen molar-refractivity contribution < 1.29 is 19.4 Å². The van der Waals surface area contributed by atoms with Crippen LogP contribution in [-0.4, -0.2) is 16.9 Å². The van der Waals surface area contributed by atoms with E-state index in [-0.39, 0.29) is 12.2 Å². The van der Waals surface area contributed by atoms with Gasteiger partial charge >= 0.3 is 5.97 Å². The number of carboxylic acids is 1. The number of aliphatic carboxylic acids is 1. The predicted molar refractivity (Wildman–Crippen MR) is 86.3 cm³/mol. The Hall–Kier alpha value is -2.14. The zero-order valence-corrected chi connectivity index (χ0v) is 13.6. The number of hydrogen-bond donors (Lipinski definition) is 1. The first-order chi connectivity index (χ1) is 10.5.